The van der Waals surface area contributed by atoms with Crippen LogP contribution in [0.2, 0.25) is 0 Å². The number of hydrogen-bond donors (Lipinski definition) is 1. The lowest BCUT2D eigenvalue weighted by Gasteiger charge is -2.15. The van der Waals surface area contributed by atoms with Crippen molar-refractivity contribution < 1.29 is 8.78 Å². The monoisotopic (exact) mass is 383 g/mol. The summed E-state index contributed by atoms with van der Waals surface area (Å²) in [5.41, 5.74) is 4.25. The van der Waals surface area contributed by atoms with Gasteiger partial charge in [0, 0.05) is 16.8 Å². The minimum atomic E-state index is -0.622. The van der Waals surface area contributed by atoms with Gasteiger partial charge in [0.05, 0.1) is 5.56 Å². The Hall–Kier alpha value is -2.73. The van der Waals surface area contributed by atoms with Crippen molar-refractivity contribution >= 4 is 27.8 Å². The van der Waals surface area contributed by atoms with Gasteiger partial charge >= 0.3 is 0 Å². The highest BCUT2D eigenvalue weighted by Crippen LogP contribution is 2.38. The van der Waals surface area contributed by atoms with Gasteiger partial charge in [-0.15, -0.1) is 11.3 Å². The van der Waals surface area contributed by atoms with E-state index in [-0.39, 0.29) is 11.3 Å². The average molecular weight is 383 g/mol. The topological polar surface area (TPSA) is 29.3 Å². The van der Waals surface area contributed by atoms with Crippen LogP contribution in [0.1, 0.15) is 23.7 Å². The van der Waals surface area contributed by atoms with Gasteiger partial charge in [-0.05, 0) is 43.5 Å². The summed E-state index contributed by atoms with van der Waals surface area (Å²) in [4.78, 5) is 5.27. The Labute approximate surface area is 160 Å². The second kappa shape index (κ2) is 6.78. The van der Waals surface area contributed by atoms with Gasteiger partial charge in [-0.1, -0.05) is 31.2 Å². The highest BCUT2D eigenvalue weighted by atomic mass is 32.1. The van der Waals surface area contributed by atoms with Gasteiger partial charge in [0.25, 0.3) is 0 Å². The number of hydrogen-bond acceptors (Lipinski definition) is 3. The van der Waals surface area contributed by atoms with Crippen molar-refractivity contribution in [3.63, 3.8) is 0 Å². The molecule has 4 aromatic rings. The van der Waals surface area contributed by atoms with Crippen LogP contribution in [0, 0.1) is 25.5 Å². The molecule has 0 saturated carbocycles. The molecule has 27 heavy (non-hydrogen) atoms. The molecule has 138 valence electrons. The normalized spacial score (nSPS) is 11.3. The van der Waals surface area contributed by atoms with Gasteiger partial charge in [0.2, 0.25) is 0 Å². The first-order valence-electron chi connectivity index (χ1n) is 8.77. The standard InChI is InChI=1S/C21H19F2N3S/c1-4-14-11-27-21-25-19(17-15(22)9-6-10-16(17)23)20(26(14)21)24-18-12(2)7-5-8-13(18)3/h5-11,24H,4H2,1-3H3. The summed E-state index contributed by atoms with van der Waals surface area (Å²) in [6.45, 7) is 6.06. The van der Waals surface area contributed by atoms with Gasteiger partial charge in [-0.25, -0.2) is 13.8 Å². The van der Waals surface area contributed by atoms with Crippen LogP contribution in [0.3, 0.4) is 0 Å². The number of imidazole rings is 1. The minimum absolute atomic E-state index is 0.107. The molecule has 0 radical (unpaired) electrons. The van der Waals surface area contributed by atoms with E-state index < -0.39 is 11.6 Å². The van der Waals surface area contributed by atoms with Crippen molar-refractivity contribution in [3.8, 4) is 11.3 Å². The molecular weight excluding hydrogens is 364 g/mol. The summed E-state index contributed by atoms with van der Waals surface area (Å²) in [5, 5.41) is 5.45. The third-order valence-corrected chi connectivity index (χ3v) is 5.60. The third kappa shape index (κ3) is 2.90. The Bertz CT molecular complexity index is 1100. The average Bonchev–Trinajstić information content (AvgIpc) is 3.18. The van der Waals surface area contributed by atoms with Crippen LogP contribution in [-0.4, -0.2) is 9.38 Å². The molecule has 0 bridgehead atoms. The van der Waals surface area contributed by atoms with E-state index in [1.54, 1.807) is 0 Å². The van der Waals surface area contributed by atoms with Gasteiger partial charge in [0.15, 0.2) is 4.96 Å². The van der Waals surface area contributed by atoms with Crippen molar-refractivity contribution in [3.05, 3.63) is 70.2 Å². The highest BCUT2D eigenvalue weighted by Gasteiger charge is 2.23. The maximum Gasteiger partial charge on any atom is 0.196 e. The maximum atomic E-state index is 14.5. The van der Waals surface area contributed by atoms with Crippen LogP contribution in [0.5, 0.6) is 0 Å². The zero-order valence-corrected chi connectivity index (χ0v) is 16.1. The molecule has 0 atom stereocenters. The summed E-state index contributed by atoms with van der Waals surface area (Å²) < 4.78 is 31.0. The van der Waals surface area contributed by atoms with Gasteiger partial charge < -0.3 is 5.32 Å². The van der Waals surface area contributed by atoms with Crippen LogP contribution < -0.4 is 5.32 Å². The molecule has 0 fully saturated rings. The number of halogens is 2. The van der Waals surface area contributed by atoms with E-state index in [9.17, 15) is 8.78 Å². The summed E-state index contributed by atoms with van der Waals surface area (Å²) in [6, 6.07) is 9.88. The fourth-order valence-corrected chi connectivity index (χ4v) is 4.28. The molecule has 6 heteroatoms. The lowest BCUT2D eigenvalue weighted by molar-refractivity contribution is 0.589. The summed E-state index contributed by atoms with van der Waals surface area (Å²) in [7, 11) is 0. The van der Waals surface area contributed by atoms with Crippen molar-refractivity contribution in [2.24, 2.45) is 0 Å². The molecule has 1 N–H and O–H groups in total. The molecule has 2 aromatic carbocycles. The molecule has 2 heterocycles. The number of aromatic nitrogens is 2. The van der Waals surface area contributed by atoms with E-state index in [2.05, 4.69) is 10.3 Å². The number of aryl methyl sites for hydroxylation is 3. The Kier molecular flexibility index (Phi) is 4.44. The van der Waals surface area contributed by atoms with Crippen molar-refractivity contribution in [2.75, 3.05) is 5.32 Å². The predicted molar refractivity (Wildman–Crippen MR) is 107 cm³/mol. The first-order valence-corrected chi connectivity index (χ1v) is 9.65. The molecular formula is C21H19F2N3S. The van der Waals surface area contributed by atoms with Crippen LogP contribution in [0.15, 0.2) is 41.8 Å². The molecule has 0 spiro atoms. The fraction of sp³-hybridized carbons (Fsp3) is 0.190. The molecule has 0 saturated heterocycles. The van der Waals surface area contributed by atoms with E-state index in [1.165, 1.54) is 29.5 Å². The third-order valence-electron chi connectivity index (χ3n) is 4.72. The van der Waals surface area contributed by atoms with Gasteiger partial charge in [-0.2, -0.15) is 0 Å². The van der Waals surface area contributed by atoms with Crippen molar-refractivity contribution in [1.82, 2.24) is 9.38 Å². The predicted octanol–water partition coefficient (Wildman–Crippen LogP) is 6.26. The smallest absolute Gasteiger partial charge is 0.196 e. The molecule has 3 nitrogen and oxygen atoms in total. The van der Waals surface area contributed by atoms with Crippen molar-refractivity contribution in [1.29, 1.82) is 0 Å². The number of rotatable bonds is 4. The molecule has 0 aliphatic heterocycles. The number of fused-ring (bicyclic) bond motifs is 1. The summed E-state index contributed by atoms with van der Waals surface area (Å²) in [6.07, 6.45) is 0.789. The molecule has 4 rings (SSSR count). The van der Waals surface area contributed by atoms with E-state index >= 15 is 0 Å². The van der Waals surface area contributed by atoms with Crippen LogP contribution >= 0.6 is 11.3 Å². The minimum Gasteiger partial charge on any atom is -0.339 e. The number of benzene rings is 2. The Morgan fingerprint density at radius 3 is 2.30 bits per heavy atom. The van der Waals surface area contributed by atoms with Gasteiger partial charge in [-0.3, -0.25) is 4.40 Å². The number of thiazole rings is 1. The summed E-state index contributed by atoms with van der Waals surface area (Å²) >= 11 is 1.47. The van der Waals surface area contributed by atoms with E-state index in [0.29, 0.717) is 10.8 Å². The zero-order chi connectivity index (χ0) is 19.1. The van der Waals surface area contributed by atoms with Gasteiger partial charge in [0.1, 0.15) is 23.1 Å². The number of nitrogens with zero attached hydrogens (tertiary/aromatic N) is 2. The Balaban J connectivity index is 2.01. The molecule has 0 amide bonds. The van der Waals surface area contributed by atoms with Crippen LogP contribution in [-0.2, 0) is 6.42 Å². The second-order valence-electron chi connectivity index (χ2n) is 6.50. The molecule has 2 aromatic heterocycles. The Morgan fingerprint density at radius 2 is 1.67 bits per heavy atom. The number of nitrogens with one attached hydrogen (secondary N) is 1. The van der Waals surface area contributed by atoms with Crippen molar-refractivity contribution in [2.45, 2.75) is 27.2 Å². The molecule has 0 aliphatic carbocycles. The number of anilines is 2. The molecule has 0 aliphatic rings. The first kappa shape index (κ1) is 17.7. The largest absolute Gasteiger partial charge is 0.339 e. The molecule has 0 unspecified atom stereocenters. The lowest BCUT2D eigenvalue weighted by Crippen LogP contribution is -2.03. The highest BCUT2D eigenvalue weighted by molar-refractivity contribution is 7.15. The van der Waals surface area contributed by atoms with E-state index in [0.717, 1.165) is 28.9 Å². The Morgan fingerprint density at radius 1 is 1.04 bits per heavy atom. The lowest BCUT2D eigenvalue weighted by atomic mass is 10.1. The van der Waals surface area contributed by atoms with Crippen LogP contribution in [0.4, 0.5) is 20.3 Å². The van der Waals surface area contributed by atoms with E-state index in [4.69, 9.17) is 0 Å². The fourth-order valence-electron chi connectivity index (χ4n) is 3.30. The van der Waals surface area contributed by atoms with Crippen LogP contribution in [0.25, 0.3) is 16.2 Å². The quantitative estimate of drug-likeness (QED) is 0.450. The maximum absolute atomic E-state index is 14.5. The first-order chi connectivity index (χ1) is 13.0. The van der Waals surface area contributed by atoms with E-state index in [1.807, 2.05) is 48.8 Å². The second-order valence-corrected chi connectivity index (χ2v) is 7.33. The summed E-state index contributed by atoms with van der Waals surface area (Å²) in [5.74, 6) is -0.656. The SMILES string of the molecule is CCc1csc2nc(-c3c(F)cccc3F)c(Nc3c(C)cccc3C)n12. The zero-order valence-electron chi connectivity index (χ0n) is 15.3. The number of para-hydroxylation sites is 1.